The molecule has 2 rings (SSSR count). The normalized spacial score (nSPS) is 16.8. The number of hydrogen-bond acceptors (Lipinski definition) is 7. The SMILES string of the molecule is Br.CC1(C)N=C(N)N=C(N)N1OCc1ccc(OC(F)(F)F)cc1. The summed E-state index contributed by atoms with van der Waals surface area (Å²) in [5, 5.41) is 1.28. The summed E-state index contributed by atoms with van der Waals surface area (Å²) in [5.74, 6) is -0.224. The summed E-state index contributed by atoms with van der Waals surface area (Å²) in [6, 6.07) is 5.29. The van der Waals surface area contributed by atoms with Crippen LogP contribution in [-0.2, 0) is 11.4 Å². The van der Waals surface area contributed by atoms with Crippen molar-refractivity contribution < 1.29 is 22.7 Å². The van der Waals surface area contributed by atoms with Crippen LogP contribution in [0.25, 0.3) is 0 Å². The first kappa shape index (κ1) is 20.0. The summed E-state index contributed by atoms with van der Waals surface area (Å²) in [7, 11) is 0. The van der Waals surface area contributed by atoms with Crippen LogP contribution in [0.4, 0.5) is 13.2 Å². The van der Waals surface area contributed by atoms with Crippen molar-refractivity contribution in [1.29, 1.82) is 0 Å². The van der Waals surface area contributed by atoms with Gasteiger partial charge in [-0.2, -0.15) is 10.1 Å². The van der Waals surface area contributed by atoms with Gasteiger partial charge in [0.2, 0.25) is 11.9 Å². The van der Waals surface area contributed by atoms with Crippen LogP contribution in [0.3, 0.4) is 0 Å². The van der Waals surface area contributed by atoms with Gasteiger partial charge < -0.3 is 16.2 Å². The van der Waals surface area contributed by atoms with Crippen LogP contribution in [0.15, 0.2) is 34.3 Å². The number of benzene rings is 1. The molecule has 0 aromatic heterocycles. The highest BCUT2D eigenvalue weighted by Gasteiger charge is 2.33. The third-order valence-corrected chi connectivity index (χ3v) is 2.84. The van der Waals surface area contributed by atoms with Crippen molar-refractivity contribution in [3.05, 3.63) is 29.8 Å². The second-order valence-electron chi connectivity index (χ2n) is 5.19. The van der Waals surface area contributed by atoms with E-state index in [1.807, 2.05) is 0 Å². The van der Waals surface area contributed by atoms with Gasteiger partial charge in [0.1, 0.15) is 12.4 Å². The van der Waals surface area contributed by atoms with E-state index in [0.29, 0.717) is 5.56 Å². The maximum absolute atomic E-state index is 12.1. The number of hydroxylamine groups is 2. The molecular formula is C13H17BrF3N5O2. The lowest BCUT2D eigenvalue weighted by Gasteiger charge is -2.36. The number of alkyl halides is 3. The van der Waals surface area contributed by atoms with Crippen LogP contribution in [0.5, 0.6) is 5.75 Å². The summed E-state index contributed by atoms with van der Waals surface area (Å²) < 4.78 is 40.1. The van der Waals surface area contributed by atoms with Gasteiger partial charge in [0.05, 0.1) is 0 Å². The molecule has 7 nitrogen and oxygen atoms in total. The molecule has 1 aromatic rings. The minimum Gasteiger partial charge on any atom is -0.406 e. The van der Waals surface area contributed by atoms with E-state index in [9.17, 15) is 13.2 Å². The Balaban J connectivity index is 0.00000288. The molecule has 4 N–H and O–H groups in total. The van der Waals surface area contributed by atoms with Gasteiger partial charge in [0.25, 0.3) is 0 Å². The first-order valence-electron chi connectivity index (χ1n) is 6.54. The number of aliphatic imine (C=N–C) groups is 2. The van der Waals surface area contributed by atoms with E-state index < -0.39 is 12.0 Å². The Morgan fingerprint density at radius 2 is 1.75 bits per heavy atom. The minimum atomic E-state index is -4.72. The highest BCUT2D eigenvalue weighted by molar-refractivity contribution is 8.93. The number of rotatable bonds is 4. The smallest absolute Gasteiger partial charge is 0.406 e. The van der Waals surface area contributed by atoms with Gasteiger partial charge in [-0.1, -0.05) is 12.1 Å². The lowest BCUT2D eigenvalue weighted by atomic mass is 10.2. The quantitative estimate of drug-likeness (QED) is 0.791. The Bertz CT molecular complexity index is 631. The molecule has 134 valence electrons. The van der Waals surface area contributed by atoms with Crippen molar-refractivity contribution in [1.82, 2.24) is 5.06 Å². The summed E-state index contributed by atoms with van der Waals surface area (Å²) >= 11 is 0. The van der Waals surface area contributed by atoms with Crippen LogP contribution in [-0.4, -0.2) is 29.0 Å². The molecule has 0 amide bonds. The second-order valence-corrected chi connectivity index (χ2v) is 5.19. The van der Waals surface area contributed by atoms with Crippen molar-refractivity contribution in [3.63, 3.8) is 0 Å². The Morgan fingerprint density at radius 1 is 1.17 bits per heavy atom. The fourth-order valence-corrected chi connectivity index (χ4v) is 1.94. The molecule has 1 aliphatic rings. The van der Waals surface area contributed by atoms with Gasteiger partial charge >= 0.3 is 6.36 Å². The van der Waals surface area contributed by atoms with Crippen molar-refractivity contribution >= 4 is 28.9 Å². The van der Waals surface area contributed by atoms with Gasteiger partial charge in [0, 0.05) is 0 Å². The van der Waals surface area contributed by atoms with Crippen LogP contribution in [0.2, 0.25) is 0 Å². The second kappa shape index (κ2) is 7.26. The third-order valence-electron chi connectivity index (χ3n) is 2.84. The fraction of sp³-hybridized carbons (Fsp3) is 0.385. The van der Waals surface area contributed by atoms with E-state index in [4.69, 9.17) is 16.3 Å². The lowest BCUT2D eigenvalue weighted by Crippen LogP contribution is -2.53. The minimum absolute atomic E-state index is 0. The standard InChI is InChI=1S/C13H16F3N5O2.BrH/c1-12(2)20-10(17)19-11(18)21(12)22-7-8-3-5-9(6-4-8)23-13(14,15)16;/h3-6H,7H2,1-2H3,(H4,17,18,19,20);1H. The highest BCUT2D eigenvalue weighted by atomic mass is 79.9. The Hall–Kier alpha value is -2.01. The molecule has 1 heterocycles. The molecule has 0 unspecified atom stereocenters. The molecule has 0 spiro atoms. The molecule has 0 atom stereocenters. The summed E-state index contributed by atoms with van der Waals surface area (Å²) in [4.78, 5) is 13.4. The zero-order valence-corrected chi connectivity index (χ0v) is 14.6. The average molecular weight is 412 g/mol. The highest BCUT2D eigenvalue weighted by Crippen LogP contribution is 2.24. The first-order valence-corrected chi connectivity index (χ1v) is 6.54. The van der Waals surface area contributed by atoms with Crippen LogP contribution in [0.1, 0.15) is 19.4 Å². The first-order chi connectivity index (χ1) is 10.6. The number of halogens is 4. The maximum Gasteiger partial charge on any atom is 0.573 e. The van der Waals surface area contributed by atoms with Crippen molar-refractivity contribution in [2.45, 2.75) is 32.5 Å². The van der Waals surface area contributed by atoms with E-state index >= 15 is 0 Å². The van der Waals surface area contributed by atoms with Crippen LogP contribution in [0, 0.1) is 0 Å². The topological polar surface area (TPSA) is 98.5 Å². The molecule has 0 bridgehead atoms. The predicted octanol–water partition coefficient (Wildman–Crippen LogP) is 2.28. The molecule has 0 radical (unpaired) electrons. The molecule has 0 fully saturated rings. The van der Waals surface area contributed by atoms with Gasteiger partial charge in [-0.25, -0.2) is 4.99 Å². The van der Waals surface area contributed by atoms with Crippen LogP contribution >= 0.6 is 17.0 Å². The van der Waals surface area contributed by atoms with Crippen molar-refractivity contribution in [2.24, 2.45) is 21.5 Å². The zero-order valence-electron chi connectivity index (χ0n) is 12.9. The van der Waals surface area contributed by atoms with E-state index in [1.165, 1.54) is 29.3 Å². The molecule has 1 aromatic carbocycles. The predicted molar refractivity (Wildman–Crippen MR) is 87.4 cm³/mol. The monoisotopic (exact) mass is 411 g/mol. The fourth-order valence-electron chi connectivity index (χ4n) is 1.94. The number of ether oxygens (including phenoxy) is 1. The molecule has 0 saturated carbocycles. The van der Waals surface area contributed by atoms with Gasteiger partial charge in [0.15, 0.2) is 5.66 Å². The third kappa shape index (κ3) is 5.27. The largest absolute Gasteiger partial charge is 0.573 e. The molecule has 1 aliphatic heterocycles. The van der Waals surface area contributed by atoms with E-state index in [1.54, 1.807) is 13.8 Å². The molecule has 11 heteroatoms. The molecule has 0 saturated heterocycles. The Morgan fingerprint density at radius 3 is 2.25 bits per heavy atom. The van der Waals surface area contributed by atoms with Crippen LogP contribution < -0.4 is 16.2 Å². The van der Waals surface area contributed by atoms with Gasteiger partial charge in [-0.05, 0) is 31.5 Å². The number of nitrogens with zero attached hydrogens (tertiary/aromatic N) is 3. The van der Waals surface area contributed by atoms with Gasteiger partial charge in [-0.3, -0.25) is 4.84 Å². The Labute approximate surface area is 146 Å². The summed E-state index contributed by atoms with van der Waals surface area (Å²) in [6.07, 6.45) is -4.72. The number of nitrogens with two attached hydrogens (primary N) is 2. The van der Waals surface area contributed by atoms with Gasteiger partial charge in [-0.15, -0.1) is 30.2 Å². The molecular weight excluding hydrogens is 395 g/mol. The molecule has 24 heavy (non-hydrogen) atoms. The van der Waals surface area contributed by atoms with Crippen molar-refractivity contribution in [3.8, 4) is 5.75 Å². The maximum atomic E-state index is 12.1. The summed E-state index contributed by atoms with van der Waals surface area (Å²) in [6.45, 7) is 3.50. The Kier molecular flexibility index (Phi) is 6.06. The van der Waals surface area contributed by atoms with E-state index in [2.05, 4.69) is 14.7 Å². The lowest BCUT2D eigenvalue weighted by molar-refractivity contribution is -0.274. The van der Waals surface area contributed by atoms with E-state index in [0.717, 1.165) is 0 Å². The number of guanidine groups is 2. The van der Waals surface area contributed by atoms with Crippen molar-refractivity contribution in [2.75, 3.05) is 0 Å². The van der Waals surface area contributed by atoms with E-state index in [-0.39, 0.29) is 41.3 Å². The average Bonchev–Trinajstić information content (AvgIpc) is 2.36. The molecule has 0 aliphatic carbocycles. The number of hydrogen-bond donors (Lipinski definition) is 2. The summed E-state index contributed by atoms with van der Waals surface area (Å²) in [5.41, 5.74) is 11.0. The zero-order chi connectivity index (χ0) is 17.3.